The van der Waals surface area contributed by atoms with Crippen molar-refractivity contribution in [1.29, 1.82) is 0 Å². The van der Waals surface area contributed by atoms with Gasteiger partial charge >= 0.3 is 0 Å². The largest absolute Gasteiger partial charge is 0.490 e. The third kappa shape index (κ3) is 4.20. The smallest absolute Gasteiger partial charge is 0.241 e. The molecule has 0 amide bonds. The van der Waals surface area contributed by atoms with E-state index in [0.717, 1.165) is 6.42 Å². The van der Waals surface area contributed by atoms with Gasteiger partial charge in [0.2, 0.25) is 10.0 Å². The van der Waals surface area contributed by atoms with E-state index in [0.29, 0.717) is 40.3 Å². The Bertz CT molecular complexity index is 886. The first kappa shape index (κ1) is 18.3. The van der Waals surface area contributed by atoms with Crippen LogP contribution in [0.5, 0.6) is 11.5 Å². The average Bonchev–Trinajstić information content (AvgIpc) is 2.81. The molecule has 0 unspecified atom stereocenters. The van der Waals surface area contributed by atoms with Crippen molar-refractivity contribution in [3.8, 4) is 11.5 Å². The summed E-state index contributed by atoms with van der Waals surface area (Å²) in [5, 5.41) is 0.796. The van der Waals surface area contributed by atoms with Crippen molar-refractivity contribution < 1.29 is 17.9 Å². The van der Waals surface area contributed by atoms with Crippen molar-refractivity contribution in [3.05, 3.63) is 52.0 Å². The summed E-state index contributed by atoms with van der Waals surface area (Å²) in [7, 11) is -3.74. The summed E-state index contributed by atoms with van der Waals surface area (Å²) in [4.78, 5) is 0.115. The number of sulfonamides is 1. The fourth-order valence-corrected chi connectivity index (χ4v) is 4.01. The maximum atomic E-state index is 12.7. The molecule has 1 atom stereocenters. The highest BCUT2D eigenvalue weighted by atomic mass is 35.5. The molecule has 0 bridgehead atoms. The molecule has 1 aliphatic heterocycles. The lowest BCUT2D eigenvalue weighted by Gasteiger charge is -2.16. The van der Waals surface area contributed by atoms with Gasteiger partial charge in [0.1, 0.15) is 0 Å². The van der Waals surface area contributed by atoms with Gasteiger partial charge in [-0.25, -0.2) is 13.1 Å². The second-order valence-corrected chi connectivity index (χ2v) is 8.20. The third-order valence-corrected chi connectivity index (χ3v) is 6.08. The normalized spacial score (nSPS) is 15.5. The monoisotopic (exact) mass is 401 g/mol. The minimum atomic E-state index is -3.74. The molecule has 1 heterocycles. The second kappa shape index (κ2) is 7.41. The van der Waals surface area contributed by atoms with Crippen LogP contribution in [0.1, 0.15) is 24.9 Å². The fraction of sp³-hybridized carbons (Fsp3) is 0.294. The van der Waals surface area contributed by atoms with Crippen molar-refractivity contribution in [1.82, 2.24) is 4.72 Å². The van der Waals surface area contributed by atoms with E-state index < -0.39 is 16.1 Å². The van der Waals surface area contributed by atoms with E-state index in [1.54, 1.807) is 31.2 Å². The molecule has 0 aliphatic carbocycles. The molecule has 8 heteroatoms. The molecule has 1 N–H and O–H groups in total. The Kier molecular flexibility index (Phi) is 5.43. The standard InChI is InChI=1S/C17H17Cl2NO4S/c1-11(12-3-5-14(18)15(19)9-12)20-25(21,22)13-4-6-16-17(10-13)24-8-2-7-23-16/h3-6,9-11,20H,2,7-8H2,1H3/t11-/m0/s1. The zero-order valence-corrected chi connectivity index (χ0v) is 15.8. The van der Waals surface area contributed by atoms with Crippen LogP contribution in [0.3, 0.4) is 0 Å². The van der Waals surface area contributed by atoms with E-state index in [2.05, 4.69) is 4.72 Å². The SMILES string of the molecule is C[C@H](NS(=O)(=O)c1ccc2c(c1)OCCCO2)c1ccc(Cl)c(Cl)c1. The van der Waals surface area contributed by atoms with Crippen molar-refractivity contribution in [2.45, 2.75) is 24.3 Å². The van der Waals surface area contributed by atoms with Gasteiger partial charge < -0.3 is 9.47 Å². The number of halogens is 2. The molecule has 0 saturated carbocycles. The lowest BCUT2D eigenvalue weighted by atomic mass is 10.1. The zero-order valence-electron chi connectivity index (χ0n) is 13.5. The minimum Gasteiger partial charge on any atom is -0.490 e. The van der Waals surface area contributed by atoms with Crippen molar-refractivity contribution >= 4 is 33.2 Å². The van der Waals surface area contributed by atoms with Gasteiger partial charge in [-0.2, -0.15) is 0 Å². The molecule has 1 aliphatic rings. The Labute approximate surface area is 156 Å². The molecule has 0 radical (unpaired) electrons. The molecule has 2 aromatic carbocycles. The Morgan fingerprint density at radius 1 is 1.00 bits per heavy atom. The van der Waals surface area contributed by atoms with Crippen LogP contribution >= 0.6 is 23.2 Å². The maximum Gasteiger partial charge on any atom is 0.241 e. The van der Waals surface area contributed by atoms with Crippen LogP contribution in [-0.2, 0) is 10.0 Å². The van der Waals surface area contributed by atoms with Crippen molar-refractivity contribution in [2.24, 2.45) is 0 Å². The van der Waals surface area contributed by atoms with Gasteiger partial charge in [0.15, 0.2) is 11.5 Å². The third-order valence-electron chi connectivity index (χ3n) is 3.80. The van der Waals surface area contributed by atoms with Crippen LogP contribution in [0.25, 0.3) is 0 Å². The molecule has 0 fully saturated rings. The van der Waals surface area contributed by atoms with Gasteiger partial charge in [-0.05, 0) is 36.8 Å². The average molecular weight is 402 g/mol. The molecular weight excluding hydrogens is 385 g/mol. The van der Waals surface area contributed by atoms with Crippen molar-refractivity contribution in [3.63, 3.8) is 0 Å². The molecular formula is C17H17Cl2NO4S. The number of rotatable bonds is 4. The molecule has 0 saturated heterocycles. The van der Waals surface area contributed by atoms with Crippen LogP contribution in [0, 0.1) is 0 Å². The summed E-state index contributed by atoms with van der Waals surface area (Å²) in [5.74, 6) is 0.983. The number of hydrogen-bond donors (Lipinski definition) is 1. The maximum absolute atomic E-state index is 12.7. The van der Waals surface area contributed by atoms with E-state index >= 15 is 0 Å². The highest BCUT2D eigenvalue weighted by molar-refractivity contribution is 7.89. The highest BCUT2D eigenvalue weighted by Gasteiger charge is 2.21. The van der Waals surface area contributed by atoms with Gasteiger partial charge in [0.25, 0.3) is 0 Å². The van der Waals surface area contributed by atoms with E-state index in [-0.39, 0.29) is 4.90 Å². The van der Waals surface area contributed by atoms with Gasteiger partial charge in [0, 0.05) is 18.5 Å². The van der Waals surface area contributed by atoms with Crippen LogP contribution in [0.2, 0.25) is 10.0 Å². The van der Waals surface area contributed by atoms with Gasteiger partial charge in [-0.1, -0.05) is 29.3 Å². The molecule has 5 nitrogen and oxygen atoms in total. The Hall–Kier alpha value is -1.47. The predicted octanol–water partition coefficient (Wildman–Crippen LogP) is 4.19. The summed E-state index contributed by atoms with van der Waals surface area (Å²) in [6, 6.07) is 9.12. The van der Waals surface area contributed by atoms with E-state index in [1.165, 1.54) is 12.1 Å². The number of fused-ring (bicyclic) bond motifs is 1. The summed E-state index contributed by atoms with van der Waals surface area (Å²) in [5.41, 5.74) is 0.715. The predicted molar refractivity (Wildman–Crippen MR) is 97.2 cm³/mol. The lowest BCUT2D eigenvalue weighted by Crippen LogP contribution is -2.27. The van der Waals surface area contributed by atoms with Crippen LogP contribution in [0.15, 0.2) is 41.3 Å². The quantitative estimate of drug-likeness (QED) is 0.833. The topological polar surface area (TPSA) is 64.6 Å². The fourth-order valence-electron chi connectivity index (χ4n) is 2.46. The summed E-state index contributed by atoms with van der Waals surface area (Å²) in [6.45, 7) is 2.77. The van der Waals surface area contributed by atoms with Crippen molar-refractivity contribution in [2.75, 3.05) is 13.2 Å². The number of ether oxygens (including phenoxy) is 2. The number of benzene rings is 2. The van der Waals surface area contributed by atoms with Gasteiger partial charge in [-0.3, -0.25) is 0 Å². The molecule has 0 spiro atoms. The summed E-state index contributed by atoms with van der Waals surface area (Å²) >= 11 is 11.9. The first-order valence-electron chi connectivity index (χ1n) is 7.74. The Balaban J connectivity index is 1.83. The lowest BCUT2D eigenvalue weighted by molar-refractivity contribution is 0.297. The zero-order chi connectivity index (χ0) is 18.0. The molecule has 2 aromatic rings. The van der Waals surface area contributed by atoms with Gasteiger partial charge in [0.05, 0.1) is 28.2 Å². The second-order valence-electron chi connectivity index (χ2n) is 5.68. The van der Waals surface area contributed by atoms with Crippen LogP contribution < -0.4 is 14.2 Å². The van der Waals surface area contributed by atoms with Crippen LogP contribution in [0.4, 0.5) is 0 Å². The molecule has 134 valence electrons. The minimum absolute atomic E-state index is 0.115. The van der Waals surface area contributed by atoms with Gasteiger partial charge in [-0.15, -0.1) is 0 Å². The first-order chi connectivity index (χ1) is 11.9. The Morgan fingerprint density at radius 3 is 2.44 bits per heavy atom. The highest BCUT2D eigenvalue weighted by Crippen LogP contribution is 2.32. The molecule has 0 aromatic heterocycles. The van der Waals surface area contributed by atoms with Crippen LogP contribution in [-0.4, -0.2) is 21.6 Å². The summed E-state index contributed by atoms with van der Waals surface area (Å²) in [6.07, 6.45) is 0.753. The number of hydrogen-bond acceptors (Lipinski definition) is 4. The first-order valence-corrected chi connectivity index (χ1v) is 9.98. The van der Waals surface area contributed by atoms with E-state index in [1.807, 2.05) is 0 Å². The Morgan fingerprint density at radius 2 is 1.72 bits per heavy atom. The number of nitrogens with one attached hydrogen (secondary N) is 1. The molecule has 25 heavy (non-hydrogen) atoms. The summed E-state index contributed by atoms with van der Waals surface area (Å²) < 4.78 is 39.1. The molecule has 3 rings (SSSR count). The van der Waals surface area contributed by atoms with E-state index in [4.69, 9.17) is 32.7 Å². The van der Waals surface area contributed by atoms with E-state index in [9.17, 15) is 8.42 Å².